The van der Waals surface area contributed by atoms with Crippen LogP contribution in [0.5, 0.6) is 5.75 Å². The first-order chi connectivity index (χ1) is 17.7. The number of nitrogens with one attached hydrogen (secondary N) is 1. The summed E-state index contributed by atoms with van der Waals surface area (Å²) in [5.41, 5.74) is 8.02. The van der Waals surface area contributed by atoms with Crippen LogP contribution in [0.4, 0.5) is 11.6 Å². The fourth-order valence-corrected chi connectivity index (χ4v) is 5.96. The molecule has 3 aromatic rings. The summed E-state index contributed by atoms with van der Waals surface area (Å²) < 4.78 is 34.1. The van der Waals surface area contributed by atoms with Crippen LogP contribution in [-0.4, -0.2) is 42.5 Å². The first-order valence-electron chi connectivity index (χ1n) is 12.6. The molecule has 1 aliphatic heterocycles. The summed E-state index contributed by atoms with van der Waals surface area (Å²) in [6.07, 6.45) is 2.63. The van der Waals surface area contributed by atoms with Gasteiger partial charge in [-0.3, -0.25) is 4.79 Å². The number of sulfonamides is 1. The molecule has 202 valence electrons. The van der Waals surface area contributed by atoms with Crippen LogP contribution in [0, 0.1) is 12.8 Å². The highest BCUT2D eigenvalue weighted by Crippen LogP contribution is 2.38. The van der Waals surface area contributed by atoms with Crippen LogP contribution < -0.4 is 20.1 Å². The molecule has 2 aromatic heterocycles. The Kier molecular flexibility index (Phi) is 7.38. The van der Waals surface area contributed by atoms with E-state index in [9.17, 15) is 13.2 Å². The second-order valence-electron chi connectivity index (χ2n) is 10.9. The molecule has 1 aromatic carbocycles. The van der Waals surface area contributed by atoms with Crippen molar-refractivity contribution in [3.63, 3.8) is 0 Å². The summed E-state index contributed by atoms with van der Waals surface area (Å²) in [6, 6.07) is 11.7. The van der Waals surface area contributed by atoms with Crippen LogP contribution in [0.15, 0.2) is 53.7 Å². The van der Waals surface area contributed by atoms with E-state index in [1.165, 1.54) is 18.2 Å². The Balaban J connectivity index is 1.80. The fraction of sp³-hybridized carbons (Fsp3) is 0.393. The molecule has 1 fully saturated rings. The lowest BCUT2D eigenvalue weighted by Gasteiger charge is -2.33. The molecule has 0 saturated carbocycles. The van der Waals surface area contributed by atoms with Gasteiger partial charge in [0.15, 0.2) is 5.03 Å². The molecule has 1 amide bonds. The number of benzene rings is 1. The molecule has 9 nitrogen and oxygen atoms in total. The number of carbonyl (C=O) groups is 1. The molecule has 4 rings (SSSR count). The molecule has 1 aliphatic rings. The second kappa shape index (κ2) is 10.2. The third-order valence-corrected chi connectivity index (χ3v) is 7.68. The van der Waals surface area contributed by atoms with Crippen LogP contribution in [-0.2, 0) is 10.0 Å². The predicted molar refractivity (Wildman–Crippen MR) is 149 cm³/mol. The number of nitrogens with two attached hydrogens (primary N) is 1. The molecule has 1 unspecified atom stereocenters. The van der Waals surface area contributed by atoms with Crippen LogP contribution in [0.1, 0.15) is 57.0 Å². The van der Waals surface area contributed by atoms with Gasteiger partial charge in [0.05, 0.1) is 11.7 Å². The molecule has 3 N–H and O–H groups in total. The average Bonchev–Trinajstić information content (AvgIpc) is 3.09. The minimum Gasteiger partial charge on any atom is -0.491 e. The average molecular weight is 538 g/mol. The topological polar surface area (TPSA) is 128 Å². The van der Waals surface area contributed by atoms with Crippen LogP contribution >= 0.6 is 0 Å². The van der Waals surface area contributed by atoms with E-state index in [-0.39, 0.29) is 28.1 Å². The van der Waals surface area contributed by atoms with Crippen molar-refractivity contribution in [2.24, 2.45) is 5.92 Å². The van der Waals surface area contributed by atoms with E-state index in [2.05, 4.69) is 35.4 Å². The minimum atomic E-state index is -4.27. The Morgan fingerprint density at radius 3 is 2.55 bits per heavy atom. The molecular weight excluding hydrogens is 502 g/mol. The number of hydrogen-bond donors (Lipinski definition) is 2. The van der Waals surface area contributed by atoms with Crippen LogP contribution in [0.25, 0.3) is 11.1 Å². The summed E-state index contributed by atoms with van der Waals surface area (Å²) >= 11 is 0. The van der Waals surface area contributed by atoms with Crippen LogP contribution in [0.2, 0.25) is 0 Å². The van der Waals surface area contributed by atoms with Gasteiger partial charge in [-0.25, -0.2) is 14.7 Å². The number of aryl methyl sites for hydroxylation is 1. The number of hydrogen-bond acceptors (Lipinski definition) is 8. The molecule has 0 aliphatic carbocycles. The van der Waals surface area contributed by atoms with Gasteiger partial charge >= 0.3 is 0 Å². The lowest BCUT2D eigenvalue weighted by Crippen LogP contribution is -2.41. The lowest BCUT2D eigenvalue weighted by molar-refractivity contribution is 0.0981. The summed E-state index contributed by atoms with van der Waals surface area (Å²) in [7, 11) is -4.27. The Morgan fingerprint density at radius 1 is 1.18 bits per heavy atom. The molecule has 0 spiro atoms. The first-order valence-corrected chi connectivity index (χ1v) is 14.1. The number of rotatable bonds is 7. The van der Waals surface area contributed by atoms with E-state index < -0.39 is 15.9 Å². The van der Waals surface area contributed by atoms with E-state index in [4.69, 9.17) is 15.5 Å². The number of carbonyl (C=O) groups excluding carboxylic acids is 1. The third kappa shape index (κ3) is 5.91. The first kappa shape index (κ1) is 27.4. The Bertz CT molecular complexity index is 1470. The SMILES string of the molecule is Cc1cc(OC(C)C)cc(-c2cnc(N3CC(C)CC3(C)C)c(C(=O)NS(=O)(=O)c3cccc(N)n3)c2)c1. The van der Waals surface area contributed by atoms with Crippen molar-refractivity contribution in [2.75, 3.05) is 17.2 Å². The molecule has 10 heteroatoms. The number of ether oxygens (including phenoxy) is 1. The second-order valence-corrected chi connectivity index (χ2v) is 12.5. The standard InChI is InChI=1S/C28H35N5O4S/c1-17(2)37-22-11-18(3)10-20(12-22)21-13-23(26(30-15-21)33-16-19(4)14-28(33,5)6)27(34)32-38(35,36)25-9-7-8-24(29)31-25/h7-13,15,17,19H,14,16H2,1-6H3,(H2,29,31)(H,32,34). The van der Waals surface area contributed by atoms with Gasteiger partial charge < -0.3 is 15.4 Å². The van der Waals surface area contributed by atoms with E-state index in [1.807, 2.05) is 39.0 Å². The minimum absolute atomic E-state index is 0.00304. The van der Waals surface area contributed by atoms with Crippen LogP contribution in [0.3, 0.4) is 0 Å². The number of anilines is 2. The van der Waals surface area contributed by atoms with Gasteiger partial charge in [0.1, 0.15) is 17.4 Å². The monoisotopic (exact) mass is 537 g/mol. The van der Waals surface area contributed by atoms with Gasteiger partial charge in [0, 0.05) is 23.8 Å². The van der Waals surface area contributed by atoms with Crippen molar-refractivity contribution >= 4 is 27.6 Å². The zero-order chi connectivity index (χ0) is 27.8. The Morgan fingerprint density at radius 2 is 1.92 bits per heavy atom. The molecule has 1 saturated heterocycles. The summed E-state index contributed by atoms with van der Waals surface area (Å²) in [6.45, 7) is 12.9. The fourth-order valence-electron chi connectivity index (χ4n) is 5.02. The van der Waals surface area contributed by atoms with Crippen molar-refractivity contribution in [3.05, 3.63) is 59.8 Å². The van der Waals surface area contributed by atoms with E-state index in [0.717, 1.165) is 17.5 Å². The number of nitrogen functional groups attached to an aromatic ring is 1. The maximum Gasteiger partial charge on any atom is 0.281 e. The number of amides is 1. The van der Waals surface area contributed by atoms with Crippen molar-refractivity contribution in [1.29, 1.82) is 0 Å². The zero-order valence-electron chi connectivity index (χ0n) is 22.6. The molecule has 0 bridgehead atoms. The van der Waals surface area contributed by atoms with Crippen molar-refractivity contribution in [2.45, 2.75) is 64.6 Å². The highest BCUT2D eigenvalue weighted by Gasteiger charge is 2.39. The maximum atomic E-state index is 13.6. The highest BCUT2D eigenvalue weighted by molar-refractivity contribution is 7.90. The maximum absolute atomic E-state index is 13.6. The van der Waals surface area contributed by atoms with Crippen molar-refractivity contribution in [3.8, 4) is 16.9 Å². The van der Waals surface area contributed by atoms with E-state index >= 15 is 0 Å². The van der Waals surface area contributed by atoms with Gasteiger partial charge in [0.25, 0.3) is 15.9 Å². The van der Waals surface area contributed by atoms with E-state index in [0.29, 0.717) is 29.6 Å². The predicted octanol–water partition coefficient (Wildman–Crippen LogP) is 4.56. The molecule has 3 heterocycles. The van der Waals surface area contributed by atoms with Gasteiger partial charge in [-0.15, -0.1) is 0 Å². The number of aromatic nitrogens is 2. The molecule has 0 radical (unpaired) electrons. The smallest absolute Gasteiger partial charge is 0.281 e. The normalized spacial score (nSPS) is 17.0. The summed E-state index contributed by atoms with van der Waals surface area (Å²) in [5.74, 6) is 0.768. The summed E-state index contributed by atoms with van der Waals surface area (Å²) in [5, 5.41) is -0.333. The van der Waals surface area contributed by atoms with Gasteiger partial charge in [-0.2, -0.15) is 8.42 Å². The number of pyridine rings is 2. The molecule has 1 atom stereocenters. The largest absolute Gasteiger partial charge is 0.491 e. The number of nitrogens with zero attached hydrogens (tertiary/aromatic N) is 3. The quantitative estimate of drug-likeness (QED) is 0.449. The Labute approximate surface area is 224 Å². The molecular formula is C28H35N5O4S. The van der Waals surface area contributed by atoms with Gasteiger partial charge in [-0.1, -0.05) is 19.1 Å². The van der Waals surface area contributed by atoms with Gasteiger partial charge in [-0.05, 0) is 88.4 Å². The Hall–Kier alpha value is -3.66. The highest BCUT2D eigenvalue weighted by atomic mass is 32.2. The van der Waals surface area contributed by atoms with Gasteiger partial charge in [0.2, 0.25) is 0 Å². The van der Waals surface area contributed by atoms with E-state index in [1.54, 1.807) is 12.3 Å². The lowest BCUT2D eigenvalue weighted by atomic mass is 9.97. The zero-order valence-corrected chi connectivity index (χ0v) is 23.5. The molecule has 38 heavy (non-hydrogen) atoms. The third-order valence-electron chi connectivity index (χ3n) is 6.44. The summed E-state index contributed by atoms with van der Waals surface area (Å²) in [4.78, 5) is 24.3. The van der Waals surface area contributed by atoms with Crippen molar-refractivity contribution < 1.29 is 17.9 Å². The van der Waals surface area contributed by atoms with Crippen molar-refractivity contribution in [1.82, 2.24) is 14.7 Å².